The van der Waals surface area contributed by atoms with Crippen molar-refractivity contribution in [3.63, 3.8) is 0 Å². The average molecular weight is 260 g/mol. The van der Waals surface area contributed by atoms with Crippen molar-refractivity contribution in [1.29, 1.82) is 0 Å². The lowest BCUT2D eigenvalue weighted by atomic mass is 9.99. The van der Waals surface area contributed by atoms with Gasteiger partial charge < -0.3 is 11.5 Å². The van der Waals surface area contributed by atoms with E-state index in [1.165, 1.54) is 0 Å². The molecule has 0 aromatic rings. The fourth-order valence-corrected chi connectivity index (χ4v) is 1.91. The zero-order chi connectivity index (χ0) is 14.3. The van der Waals surface area contributed by atoms with Crippen LogP contribution in [0.25, 0.3) is 0 Å². The van der Waals surface area contributed by atoms with Crippen molar-refractivity contribution in [2.24, 2.45) is 23.2 Å². The van der Waals surface area contributed by atoms with Gasteiger partial charge in [-0.25, -0.2) is 21.3 Å². The Morgan fingerprint density at radius 1 is 1.00 bits per heavy atom. The maximum absolute atomic E-state index is 11.2. The summed E-state index contributed by atoms with van der Waals surface area (Å²) < 4.78 is 0. The largest absolute Gasteiger partial charge is 0.350 e. The first-order chi connectivity index (χ1) is 8.36. The van der Waals surface area contributed by atoms with E-state index in [-0.39, 0.29) is 0 Å². The second-order valence-corrected chi connectivity index (χ2v) is 4.18. The van der Waals surface area contributed by atoms with Crippen LogP contribution in [0, 0.1) is 0 Å². The second-order valence-electron chi connectivity index (χ2n) is 4.18. The molecule has 106 valence electrons. The molecule has 0 aliphatic carbocycles. The number of hydrogen-bond donors (Lipinski definition) is 4. The molecule has 8 nitrogen and oxygen atoms in total. The molecular weight excluding hydrogens is 236 g/mol. The predicted octanol–water partition coefficient (Wildman–Crippen LogP) is -0.167. The summed E-state index contributed by atoms with van der Waals surface area (Å²) in [4.78, 5) is 22.3. The van der Waals surface area contributed by atoms with Gasteiger partial charge in [0.2, 0.25) is 0 Å². The molecule has 2 atom stereocenters. The summed E-state index contributed by atoms with van der Waals surface area (Å²) in [6, 6.07) is -2.41. The number of urea groups is 2. The normalized spacial score (nSPS) is 13.8. The fourth-order valence-electron chi connectivity index (χ4n) is 1.91. The third-order valence-electron chi connectivity index (χ3n) is 2.94. The van der Waals surface area contributed by atoms with Gasteiger partial charge in [0.05, 0.1) is 12.1 Å². The molecule has 0 aliphatic rings. The number of hydrogen-bond acceptors (Lipinski definition) is 4. The fraction of sp³-hybridized carbons (Fsp3) is 0.800. The van der Waals surface area contributed by atoms with E-state index in [1.807, 2.05) is 13.8 Å². The highest BCUT2D eigenvalue weighted by atomic mass is 16.2. The smallest absolute Gasteiger partial charge is 0.329 e. The van der Waals surface area contributed by atoms with Gasteiger partial charge in [0.1, 0.15) is 0 Å². The van der Waals surface area contributed by atoms with Crippen LogP contribution in [0.15, 0.2) is 0 Å². The van der Waals surface area contributed by atoms with Gasteiger partial charge in [-0.15, -0.1) is 0 Å². The standard InChI is InChI=1S/C10H24N6O2/c1-3-5-6-8(16(14)10(12)18)7(4-2)15(13)9(11)17/h7-8H,3-6,13-14H2,1-2H3,(H2,11,17)(H2,12,18). The first kappa shape index (κ1) is 16.5. The highest BCUT2D eigenvalue weighted by Crippen LogP contribution is 2.16. The van der Waals surface area contributed by atoms with Gasteiger partial charge in [0.25, 0.3) is 0 Å². The van der Waals surface area contributed by atoms with Crippen molar-refractivity contribution >= 4 is 12.1 Å². The lowest BCUT2D eigenvalue weighted by Gasteiger charge is -2.36. The van der Waals surface area contributed by atoms with E-state index in [4.69, 9.17) is 23.2 Å². The van der Waals surface area contributed by atoms with Crippen LogP contribution in [-0.2, 0) is 0 Å². The van der Waals surface area contributed by atoms with Crippen LogP contribution in [0.3, 0.4) is 0 Å². The quantitative estimate of drug-likeness (QED) is 0.286. The molecule has 8 N–H and O–H groups in total. The molecule has 0 aromatic heterocycles. The number of amides is 4. The predicted molar refractivity (Wildman–Crippen MR) is 68.6 cm³/mol. The summed E-state index contributed by atoms with van der Waals surface area (Å²) in [5.74, 6) is 11.2. The number of hydrazine groups is 2. The van der Waals surface area contributed by atoms with Gasteiger partial charge in [0.15, 0.2) is 0 Å². The minimum Gasteiger partial charge on any atom is -0.350 e. The summed E-state index contributed by atoms with van der Waals surface area (Å²) in [6.45, 7) is 3.85. The molecule has 0 aliphatic heterocycles. The summed E-state index contributed by atoms with van der Waals surface area (Å²) in [7, 11) is 0. The second kappa shape index (κ2) is 7.72. The minimum absolute atomic E-state index is 0.440. The molecule has 18 heavy (non-hydrogen) atoms. The van der Waals surface area contributed by atoms with Crippen LogP contribution >= 0.6 is 0 Å². The highest BCUT2D eigenvalue weighted by molar-refractivity contribution is 5.73. The Labute approximate surface area is 107 Å². The van der Waals surface area contributed by atoms with Crippen molar-refractivity contribution in [3.05, 3.63) is 0 Å². The van der Waals surface area contributed by atoms with E-state index in [2.05, 4.69) is 0 Å². The number of carbonyl (C=O) groups is 2. The number of primary amides is 2. The van der Waals surface area contributed by atoms with Crippen LogP contribution in [0.5, 0.6) is 0 Å². The van der Waals surface area contributed by atoms with Gasteiger partial charge in [-0.2, -0.15) is 0 Å². The lowest BCUT2D eigenvalue weighted by molar-refractivity contribution is 0.104. The molecule has 2 unspecified atom stereocenters. The maximum Gasteiger partial charge on any atom is 0.329 e. The Hall–Kier alpha value is -1.54. The van der Waals surface area contributed by atoms with Gasteiger partial charge in [-0.1, -0.05) is 26.7 Å². The monoisotopic (exact) mass is 260 g/mol. The third-order valence-corrected chi connectivity index (χ3v) is 2.94. The summed E-state index contributed by atoms with van der Waals surface area (Å²) >= 11 is 0. The topological polar surface area (TPSA) is 145 Å². The molecule has 0 fully saturated rings. The summed E-state index contributed by atoms with van der Waals surface area (Å²) in [6.07, 6.45) is 2.90. The highest BCUT2D eigenvalue weighted by Gasteiger charge is 2.31. The number of rotatable bonds is 7. The first-order valence-corrected chi connectivity index (χ1v) is 6.03. The average Bonchev–Trinajstić information content (AvgIpc) is 2.32. The number of nitrogens with two attached hydrogens (primary N) is 4. The van der Waals surface area contributed by atoms with E-state index < -0.39 is 24.1 Å². The Balaban J connectivity index is 4.99. The zero-order valence-electron chi connectivity index (χ0n) is 11.0. The van der Waals surface area contributed by atoms with Crippen molar-refractivity contribution < 1.29 is 9.59 Å². The molecule has 0 bridgehead atoms. The van der Waals surface area contributed by atoms with Crippen molar-refractivity contribution in [1.82, 2.24) is 10.0 Å². The maximum atomic E-state index is 11.2. The van der Waals surface area contributed by atoms with Gasteiger partial charge in [-0.3, -0.25) is 10.0 Å². The Morgan fingerprint density at radius 3 is 1.78 bits per heavy atom. The van der Waals surface area contributed by atoms with E-state index in [1.54, 1.807) is 0 Å². The molecule has 4 amide bonds. The van der Waals surface area contributed by atoms with Crippen LogP contribution in [0.2, 0.25) is 0 Å². The van der Waals surface area contributed by atoms with Gasteiger partial charge in [0, 0.05) is 0 Å². The Morgan fingerprint density at radius 2 is 1.44 bits per heavy atom. The van der Waals surface area contributed by atoms with Gasteiger partial charge >= 0.3 is 12.1 Å². The molecule has 0 spiro atoms. The zero-order valence-corrected chi connectivity index (χ0v) is 11.0. The third kappa shape index (κ3) is 4.38. The summed E-state index contributed by atoms with van der Waals surface area (Å²) in [5.41, 5.74) is 10.3. The number of nitrogens with zero attached hydrogens (tertiary/aromatic N) is 2. The number of carbonyl (C=O) groups excluding carboxylic acids is 2. The van der Waals surface area contributed by atoms with Crippen LogP contribution < -0.4 is 23.2 Å². The molecule has 8 heteroatoms. The molecular formula is C10H24N6O2. The molecule has 0 radical (unpaired) electrons. The SMILES string of the molecule is CCCCC(C(CC)N(N)C(N)=O)N(N)C(N)=O. The van der Waals surface area contributed by atoms with E-state index in [9.17, 15) is 9.59 Å². The molecule has 0 aromatic carbocycles. The van der Waals surface area contributed by atoms with E-state index in [0.717, 1.165) is 22.9 Å². The summed E-state index contributed by atoms with van der Waals surface area (Å²) in [5, 5.41) is 1.83. The van der Waals surface area contributed by atoms with E-state index >= 15 is 0 Å². The first-order valence-electron chi connectivity index (χ1n) is 6.03. The van der Waals surface area contributed by atoms with Crippen LogP contribution in [0.4, 0.5) is 9.59 Å². The van der Waals surface area contributed by atoms with E-state index in [0.29, 0.717) is 12.8 Å². The Bertz CT molecular complexity index is 286. The lowest BCUT2D eigenvalue weighted by Crippen LogP contribution is -2.61. The van der Waals surface area contributed by atoms with Crippen LogP contribution in [0.1, 0.15) is 39.5 Å². The van der Waals surface area contributed by atoms with Crippen molar-refractivity contribution in [2.45, 2.75) is 51.6 Å². The molecule has 0 saturated carbocycles. The molecule has 0 rings (SSSR count). The van der Waals surface area contributed by atoms with Crippen LogP contribution in [-0.4, -0.2) is 34.2 Å². The molecule has 0 heterocycles. The van der Waals surface area contributed by atoms with Crippen molar-refractivity contribution in [3.8, 4) is 0 Å². The van der Waals surface area contributed by atoms with Crippen molar-refractivity contribution in [2.75, 3.05) is 0 Å². The minimum atomic E-state index is -0.763. The molecule has 0 saturated heterocycles. The number of unbranched alkanes of at least 4 members (excludes halogenated alkanes) is 1. The van der Waals surface area contributed by atoms with Gasteiger partial charge in [-0.05, 0) is 12.8 Å². The Kier molecular flexibility index (Phi) is 7.06.